The van der Waals surface area contributed by atoms with Crippen molar-refractivity contribution in [2.24, 2.45) is 5.73 Å². The normalized spacial score (nSPS) is 12.5. The molecule has 0 aliphatic carbocycles. The molecule has 0 heterocycles. The monoisotopic (exact) mass is 329 g/mol. The number of unbranched alkanes of at least 4 members (excludes halogenated alkanes) is 1. The van der Waals surface area contributed by atoms with Crippen LogP contribution in [0, 0.1) is 12.3 Å². The van der Waals surface area contributed by atoms with E-state index in [9.17, 15) is 14.4 Å². The molecule has 0 saturated carbocycles. The molecule has 0 spiro atoms. The number of nitrogens with one attached hydrogen (secondary N) is 2. The van der Waals surface area contributed by atoms with Crippen LogP contribution in [0.3, 0.4) is 0 Å². The minimum Gasteiger partial charge on any atom is -0.368 e. The van der Waals surface area contributed by atoms with Crippen molar-refractivity contribution in [3.8, 4) is 12.3 Å². The van der Waals surface area contributed by atoms with Gasteiger partial charge in [0.15, 0.2) is 0 Å². The average Bonchev–Trinajstić information content (AvgIpc) is 2.53. The molecule has 0 saturated heterocycles. The van der Waals surface area contributed by atoms with Crippen LogP contribution >= 0.6 is 0 Å². The number of hydrogen-bond acceptors (Lipinski definition) is 3. The number of carbonyl (C=O) groups is 3. The standard InChI is InChI=1S/C18H23N3O3/c1-3-4-6-11-15(17(19)23)21-18(24)16(20-13(2)22)12-14-9-7-5-8-10-14/h1,5,7-10,15-16H,4,6,11-12H2,2H3,(H2,19,23)(H,20,22)(H,21,24)/t15-,16-/m0/s1. The number of benzene rings is 1. The van der Waals surface area contributed by atoms with E-state index in [4.69, 9.17) is 12.2 Å². The van der Waals surface area contributed by atoms with Gasteiger partial charge in [-0.3, -0.25) is 14.4 Å². The number of carbonyl (C=O) groups excluding carboxylic acids is 3. The fourth-order valence-electron chi connectivity index (χ4n) is 2.27. The zero-order chi connectivity index (χ0) is 17.9. The maximum absolute atomic E-state index is 12.5. The topological polar surface area (TPSA) is 101 Å². The lowest BCUT2D eigenvalue weighted by molar-refractivity contribution is -0.130. The third-order valence-corrected chi connectivity index (χ3v) is 3.45. The van der Waals surface area contributed by atoms with E-state index >= 15 is 0 Å². The third-order valence-electron chi connectivity index (χ3n) is 3.45. The Morgan fingerprint density at radius 1 is 1.17 bits per heavy atom. The Bertz CT molecular complexity index is 608. The van der Waals surface area contributed by atoms with Crippen molar-refractivity contribution in [1.29, 1.82) is 0 Å². The molecular formula is C18H23N3O3. The molecule has 0 bridgehead atoms. The molecule has 0 radical (unpaired) electrons. The van der Waals surface area contributed by atoms with Crippen molar-refractivity contribution in [3.63, 3.8) is 0 Å². The lowest BCUT2D eigenvalue weighted by Crippen LogP contribution is -2.53. The number of amides is 3. The summed E-state index contributed by atoms with van der Waals surface area (Å²) in [4.78, 5) is 35.3. The summed E-state index contributed by atoms with van der Waals surface area (Å²) in [6.07, 6.45) is 6.94. The van der Waals surface area contributed by atoms with Crippen molar-refractivity contribution in [3.05, 3.63) is 35.9 Å². The van der Waals surface area contributed by atoms with Crippen LogP contribution in [0.5, 0.6) is 0 Å². The molecule has 0 aliphatic rings. The van der Waals surface area contributed by atoms with Crippen molar-refractivity contribution in [1.82, 2.24) is 10.6 Å². The molecule has 0 unspecified atom stereocenters. The van der Waals surface area contributed by atoms with E-state index in [0.29, 0.717) is 25.7 Å². The van der Waals surface area contributed by atoms with Gasteiger partial charge in [-0.25, -0.2) is 0 Å². The van der Waals surface area contributed by atoms with Crippen molar-refractivity contribution in [2.75, 3.05) is 0 Å². The molecule has 3 amide bonds. The summed E-state index contributed by atoms with van der Waals surface area (Å²) >= 11 is 0. The number of nitrogens with two attached hydrogens (primary N) is 1. The second-order valence-corrected chi connectivity index (χ2v) is 5.50. The van der Waals surface area contributed by atoms with Gasteiger partial charge in [-0.1, -0.05) is 30.3 Å². The van der Waals surface area contributed by atoms with E-state index in [1.165, 1.54) is 6.92 Å². The lowest BCUT2D eigenvalue weighted by Gasteiger charge is -2.21. The predicted molar refractivity (Wildman–Crippen MR) is 91.6 cm³/mol. The number of primary amides is 1. The molecule has 1 rings (SSSR count). The molecular weight excluding hydrogens is 306 g/mol. The van der Waals surface area contributed by atoms with Crippen LogP contribution < -0.4 is 16.4 Å². The quantitative estimate of drug-likeness (QED) is 0.454. The molecule has 2 atom stereocenters. The zero-order valence-corrected chi connectivity index (χ0v) is 13.7. The highest BCUT2D eigenvalue weighted by atomic mass is 16.2. The van der Waals surface area contributed by atoms with Gasteiger partial charge in [0.2, 0.25) is 17.7 Å². The summed E-state index contributed by atoms with van der Waals surface area (Å²) in [6.45, 7) is 1.34. The smallest absolute Gasteiger partial charge is 0.243 e. The van der Waals surface area contributed by atoms with E-state index in [1.54, 1.807) is 0 Å². The van der Waals surface area contributed by atoms with Gasteiger partial charge in [-0.05, 0) is 18.4 Å². The molecule has 128 valence electrons. The fourth-order valence-corrected chi connectivity index (χ4v) is 2.27. The van der Waals surface area contributed by atoms with Crippen LogP contribution in [0.4, 0.5) is 0 Å². The molecule has 0 fully saturated rings. The number of terminal acetylenes is 1. The molecule has 0 aromatic heterocycles. The Balaban J connectivity index is 2.76. The van der Waals surface area contributed by atoms with E-state index in [-0.39, 0.29) is 5.91 Å². The van der Waals surface area contributed by atoms with Crippen LogP contribution in [0.15, 0.2) is 30.3 Å². The van der Waals surface area contributed by atoms with Crippen LogP contribution in [0.2, 0.25) is 0 Å². The second-order valence-electron chi connectivity index (χ2n) is 5.50. The summed E-state index contributed by atoms with van der Waals surface area (Å²) in [7, 11) is 0. The molecule has 4 N–H and O–H groups in total. The maximum atomic E-state index is 12.5. The van der Waals surface area contributed by atoms with E-state index in [1.807, 2.05) is 30.3 Å². The Morgan fingerprint density at radius 3 is 2.38 bits per heavy atom. The van der Waals surface area contributed by atoms with Gasteiger partial charge in [-0.15, -0.1) is 12.3 Å². The van der Waals surface area contributed by atoms with Crippen LogP contribution in [-0.4, -0.2) is 29.8 Å². The summed E-state index contributed by atoms with van der Waals surface area (Å²) in [6, 6.07) is 7.71. The van der Waals surface area contributed by atoms with E-state index in [2.05, 4.69) is 16.6 Å². The van der Waals surface area contributed by atoms with Gasteiger partial charge >= 0.3 is 0 Å². The van der Waals surface area contributed by atoms with Gasteiger partial charge in [0.25, 0.3) is 0 Å². The third kappa shape index (κ3) is 6.97. The van der Waals surface area contributed by atoms with Gasteiger partial charge in [0, 0.05) is 19.8 Å². The first kappa shape index (κ1) is 19.2. The highest BCUT2D eigenvalue weighted by Crippen LogP contribution is 2.06. The SMILES string of the molecule is C#CCCC[C@H](NC(=O)[C@H](Cc1ccccc1)NC(C)=O)C(N)=O. The number of hydrogen-bond donors (Lipinski definition) is 3. The highest BCUT2D eigenvalue weighted by Gasteiger charge is 2.24. The molecule has 6 heteroatoms. The largest absolute Gasteiger partial charge is 0.368 e. The second kappa shape index (κ2) is 10.1. The van der Waals surface area contributed by atoms with Crippen molar-refractivity contribution < 1.29 is 14.4 Å². The lowest BCUT2D eigenvalue weighted by atomic mass is 10.0. The summed E-state index contributed by atoms with van der Waals surface area (Å²) in [5.74, 6) is 1.08. The first-order valence-electron chi connectivity index (χ1n) is 7.78. The van der Waals surface area contributed by atoms with Gasteiger partial charge < -0.3 is 16.4 Å². The minimum atomic E-state index is -0.808. The fraction of sp³-hybridized carbons (Fsp3) is 0.389. The number of rotatable bonds is 9. The van der Waals surface area contributed by atoms with Crippen molar-refractivity contribution in [2.45, 2.75) is 44.7 Å². The zero-order valence-electron chi connectivity index (χ0n) is 13.7. The highest BCUT2D eigenvalue weighted by molar-refractivity contribution is 5.91. The van der Waals surface area contributed by atoms with Crippen LogP contribution in [-0.2, 0) is 20.8 Å². The Morgan fingerprint density at radius 2 is 1.83 bits per heavy atom. The van der Waals surface area contributed by atoms with Crippen LogP contribution in [0.25, 0.3) is 0 Å². The van der Waals surface area contributed by atoms with Gasteiger partial charge in [0.05, 0.1) is 0 Å². The summed E-state index contributed by atoms with van der Waals surface area (Å²) < 4.78 is 0. The molecule has 1 aromatic carbocycles. The predicted octanol–water partition coefficient (Wildman–Crippen LogP) is 0.507. The Hall–Kier alpha value is -2.81. The van der Waals surface area contributed by atoms with Crippen molar-refractivity contribution >= 4 is 17.7 Å². The Labute approximate surface area is 142 Å². The minimum absolute atomic E-state index is 0.322. The molecule has 24 heavy (non-hydrogen) atoms. The average molecular weight is 329 g/mol. The summed E-state index contributed by atoms with van der Waals surface area (Å²) in [5, 5.41) is 5.21. The van der Waals surface area contributed by atoms with E-state index < -0.39 is 23.9 Å². The first-order chi connectivity index (χ1) is 11.4. The first-order valence-corrected chi connectivity index (χ1v) is 7.78. The molecule has 0 aliphatic heterocycles. The van der Waals surface area contributed by atoms with Crippen LogP contribution in [0.1, 0.15) is 31.7 Å². The molecule has 6 nitrogen and oxygen atoms in total. The molecule has 1 aromatic rings. The maximum Gasteiger partial charge on any atom is 0.243 e. The Kier molecular flexibility index (Phi) is 8.06. The van der Waals surface area contributed by atoms with Gasteiger partial charge in [0.1, 0.15) is 12.1 Å². The summed E-state index contributed by atoms with van der Waals surface area (Å²) in [5.41, 5.74) is 6.23. The van der Waals surface area contributed by atoms with E-state index in [0.717, 1.165) is 5.56 Å². The van der Waals surface area contributed by atoms with Gasteiger partial charge in [-0.2, -0.15) is 0 Å².